The summed E-state index contributed by atoms with van der Waals surface area (Å²) in [6.45, 7) is 4.69. The Bertz CT molecular complexity index is 147. The van der Waals surface area contributed by atoms with Crippen LogP contribution >= 0.6 is 0 Å². The topological polar surface area (TPSA) is 0 Å². The third kappa shape index (κ3) is 2.27. The number of hydrogen-bond donors (Lipinski definition) is 0. The predicted molar refractivity (Wildman–Crippen MR) is 57.6 cm³/mol. The quantitative estimate of drug-likeness (QED) is 0.606. The zero-order valence-electron chi connectivity index (χ0n) is 9.26. The van der Waals surface area contributed by atoms with Gasteiger partial charge in [-0.3, -0.25) is 0 Å². The molecule has 0 N–H and O–H groups in total. The van der Waals surface area contributed by atoms with Crippen LogP contribution in [0.5, 0.6) is 0 Å². The van der Waals surface area contributed by atoms with E-state index >= 15 is 0 Å². The van der Waals surface area contributed by atoms with Crippen LogP contribution in [0.4, 0.5) is 0 Å². The van der Waals surface area contributed by atoms with Crippen molar-refractivity contribution in [1.82, 2.24) is 0 Å². The van der Waals surface area contributed by atoms with Gasteiger partial charge in [-0.25, -0.2) is 0 Å². The first-order valence-electron chi connectivity index (χ1n) is 6.29. The maximum absolute atomic E-state index is 2.35. The second-order valence-corrected chi connectivity index (χ2v) is 5.60. The third-order valence-electron chi connectivity index (χ3n) is 4.15. The minimum absolute atomic E-state index is 0.917. The van der Waals surface area contributed by atoms with Crippen LogP contribution in [0.15, 0.2) is 0 Å². The Labute approximate surface area is 83.1 Å². The Hall–Kier alpha value is 0. The molecular formula is C13H24. The summed E-state index contributed by atoms with van der Waals surface area (Å²) in [7, 11) is 0. The summed E-state index contributed by atoms with van der Waals surface area (Å²) in [4.78, 5) is 0. The van der Waals surface area contributed by atoms with E-state index in [0.717, 1.165) is 5.92 Å². The van der Waals surface area contributed by atoms with Crippen LogP contribution in [-0.4, -0.2) is 0 Å². The van der Waals surface area contributed by atoms with Crippen LogP contribution in [0.2, 0.25) is 0 Å². The van der Waals surface area contributed by atoms with Crippen molar-refractivity contribution in [1.29, 1.82) is 0 Å². The molecule has 2 fully saturated rings. The van der Waals surface area contributed by atoms with Crippen molar-refractivity contribution >= 4 is 0 Å². The number of hydrogen-bond acceptors (Lipinski definition) is 0. The molecule has 0 saturated heterocycles. The van der Waals surface area contributed by atoms with Gasteiger partial charge in [0.15, 0.2) is 0 Å². The molecule has 13 heavy (non-hydrogen) atoms. The van der Waals surface area contributed by atoms with Gasteiger partial charge in [-0.15, -0.1) is 0 Å². The monoisotopic (exact) mass is 180 g/mol. The van der Waals surface area contributed by atoms with E-state index in [1.165, 1.54) is 43.4 Å². The highest BCUT2D eigenvalue weighted by Gasteiger charge is 2.49. The van der Waals surface area contributed by atoms with Crippen LogP contribution in [0.25, 0.3) is 0 Å². The SMILES string of the molecule is CC(C)CCCC1C2CCCCC21. The highest BCUT2D eigenvalue weighted by molar-refractivity contribution is 4.98. The first kappa shape index (κ1) is 9.55. The molecule has 0 heteroatoms. The summed E-state index contributed by atoms with van der Waals surface area (Å²) < 4.78 is 0. The summed E-state index contributed by atoms with van der Waals surface area (Å²) in [6, 6.07) is 0. The zero-order valence-corrected chi connectivity index (χ0v) is 9.26. The molecule has 0 aromatic rings. The lowest BCUT2D eigenvalue weighted by atomic mass is 10.0. The van der Waals surface area contributed by atoms with E-state index in [4.69, 9.17) is 0 Å². The average molecular weight is 180 g/mol. The standard InChI is InChI=1S/C13H24/c1-10(2)6-5-9-13-11-7-3-4-8-12(11)13/h10-13H,3-9H2,1-2H3. The lowest BCUT2D eigenvalue weighted by Crippen LogP contribution is -1.91. The van der Waals surface area contributed by atoms with Crippen LogP contribution in [0.1, 0.15) is 58.8 Å². The molecule has 0 nitrogen and oxygen atoms in total. The van der Waals surface area contributed by atoms with Gasteiger partial charge in [0.05, 0.1) is 0 Å². The summed E-state index contributed by atoms with van der Waals surface area (Å²) in [5.41, 5.74) is 0. The second-order valence-electron chi connectivity index (χ2n) is 5.60. The predicted octanol–water partition coefficient (Wildman–Crippen LogP) is 4.25. The summed E-state index contributed by atoms with van der Waals surface area (Å²) in [6.07, 6.45) is 10.7. The van der Waals surface area contributed by atoms with E-state index < -0.39 is 0 Å². The highest BCUT2D eigenvalue weighted by atomic mass is 14.5. The minimum Gasteiger partial charge on any atom is -0.0628 e. The fraction of sp³-hybridized carbons (Fsp3) is 1.00. The summed E-state index contributed by atoms with van der Waals surface area (Å²) in [5.74, 6) is 4.45. The lowest BCUT2D eigenvalue weighted by molar-refractivity contribution is 0.480. The Balaban J connectivity index is 1.62. The van der Waals surface area contributed by atoms with Gasteiger partial charge in [-0.1, -0.05) is 39.5 Å². The van der Waals surface area contributed by atoms with Crippen molar-refractivity contribution in [2.45, 2.75) is 58.8 Å². The van der Waals surface area contributed by atoms with Crippen molar-refractivity contribution in [2.75, 3.05) is 0 Å². The fourth-order valence-corrected chi connectivity index (χ4v) is 3.33. The molecule has 0 amide bonds. The van der Waals surface area contributed by atoms with Gasteiger partial charge in [0, 0.05) is 0 Å². The van der Waals surface area contributed by atoms with E-state index in [1.807, 2.05) is 0 Å². The number of fused-ring (bicyclic) bond motifs is 1. The van der Waals surface area contributed by atoms with Crippen molar-refractivity contribution in [2.24, 2.45) is 23.7 Å². The number of rotatable bonds is 4. The Morgan fingerprint density at radius 3 is 2.23 bits per heavy atom. The van der Waals surface area contributed by atoms with Gasteiger partial charge in [0.2, 0.25) is 0 Å². The van der Waals surface area contributed by atoms with E-state index in [-0.39, 0.29) is 0 Å². The largest absolute Gasteiger partial charge is 0.0628 e. The van der Waals surface area contributed by atoms with Gasteiger partial charge >= 0.3 is 0 Å². The molecule has 0 spiro atoms. The van der Waals surface area contributed by atoms with Gasteiger partial charge in [-0.05, 0) is 42.9 Å². The molecule has 0 heterocycles. The Morgan fingerprint density at radius 1 is 1.08 bits per heavy atom. The van der Waals surface area contributed by atoms with Crippen molar-refractivity contribution in [3.05, 3.63) is 0 Å². The average Bonchev–Trinajstić information content (AvgIpc) is 2.79. The molecule has 76 valence electrons. The molecule has 0 radical (unpaired) electrons. The van der Waals surface area contributed by atoms with Gasteiger partial charge in [-0.2, -0.15) is 0 Å². The van der Waals surface area contributed by atoms with Crippen LogP contribution < -0.4 is 0 Å². The molecule has 2 saturated carbocycles. The first-order chi connectivity index (χ1) is 6.29. The zero-order chi connectivity index (χ0) is 9.26. The lowest BCUT2D eigenvalue weighted by Gasteiger charge is -2.05. The van der Waals surface area contributed by atoms with Crippen molar-refractivity contribution in [3.8, 4) is 0 Å². The maximum Gasteiger partial charge on any atom is -0.0352 e. The first-order valence-corrected chi connectivity index (χ1v) is 6.29. The molecule has 2 unspecified atom stereocenters. The van der Waals surface area contributed by atoms with Crippen LogP contribution in [0.3, 0.4) is 0 Å². The molecule has 0 bridgehead atoms. The smallest absolute Gasteiger partial charge is 0.0352 e. The maximum atomic E-state index is 2.35. The van der Waals surface area contributed by atoms with Crippen LogP contribution in [0, 0.1) is 23.7 Å². The highest BCUT2D eigenvalue weighted by Crippen LogP contribution is 2.57. The summed E-state index contributed by atoms with van der Waals surface area (Å²) >= 11 is 0. The van der Waals surface area contributed by atoms with Crippen molar-refractivity contribution in [3.63, 3.8) is 0 Å². The fourth-order valence-electron chi connectivity index (χ4n) is 3.33. The minimum atomic E-state index is 0.917. The second kappa shape index (κ2) is 4.02. The molecular weight excluding hydrogens is 156 g/mol. The van der Waals surface area contributed by atoms with Gasteiger partial charge < -0.3 is 0 Å². The van der Waals surface area contributed by atoms with E-state index in [1.54, 1.807) is 19.3 Å². The normalized spacial score (nSPS) is 37.6. The summed E-state index contributed by atoms with van der Waals surface area (Å²) in [5, 5.41) is 0. The Morgan fingerprint density at radius 2 is 1.69 bits per heavy atom. The van der Waals surface area contributed by atoms with Gasteiger partial charge in [0.1, 0.15) is 0 Å². The van der Waals surface area contributed by atoms with E-state index in [9.17, 15) is 0 Å². The van der Waals surface area contributed by atoms with Crippen LogP contribution in [-0.2, 0) is 0 Å². The molecule has 2 aliphatic rings. The Kier molecular flexibility index (Phi) is 2.96. The molecule has 2 atom stereocenters. The molecule has 0 aliphatic heterocycles. The molecule has 0 aromatic carbocycles. The molecule has 2 rings (SSSR count). The van der Waals surface area contributed by atoms with E-state index in [2.05, 4.69) is 13.8 Å². The van der Waals surface area contributed by atoms with Gasteiger partial charge in [0.25, 0.3) is 0 Å². The van der Waals surface area contributed by atoms with Crippen molar-refractivity contribution < 1.29 is 0 Å². The van der Waals surface area contributed by atoms with E-state index in [0.29, 0.717) is 0 Å². The molecule has 0 aromatic heterocycles. The third-order valence-corrected chi connectivity index (χ3v) is 4.15. The molecule has 2 aliphatic carbocycles.